The zero-order valence-corrected chi connectivity index (χ0v) is 10.6. The molecule has 2 nitrogen and oxygen atoms in total. The number of pyridine rings is 1. The summed E-state index contributed by atoms with van der Waals surface area (Å²) >= 11 is 0. The van der Waals surface area contributed by atoms with E-state index in [-0.39, 0.29) is 11.6 Å². The first-order valence-electron chi connectivity index (χ1n) is 6.03. The van der Waals surface area contributed by atoms with Gasteiger partial charge in [-0.1, -0.05) is 19.4 Å². The second kappa shape index (κ2) is 5.63. The molecule has 0 bridgehead atoms. The lowest BCUT2D eigenvalue weighted by Gasteiger charge is -2.05. The number of aromatic nitrogens is 1. The highest BCUT2D eigenvalue weighted by molar-refractivity contribution is 5.60. The third kappa shape index (κ3) is 2.67. The lowest BCUT2D eigenvalue weighted by molar-refractivity contribution is 0.386. The van der Waals surface area contributed by atoms with E-state index in [1.54, 1.807) is 6.07 Å². The van der Waals surface area contributed by atoms with Crippen molar-refractivity contribution in [1.29, 1.82) is 0 Å². The number of ether oxygens (including phenoxy) is 1. The predicted molar refractivity (Wildman–Crippen MR) is 70.2 cm³/mol. The van der Waals surface area contributed by atoms with Crippen LogP contribution in [0.2, 0.25) is 0 Å². The third-order valence-electron chi connectivity index (χ3n) is 2.81. The van der Waals surface area contributed by atoms with Gasteiger partial charge in [0.1, 0.15) is 0 Å². The Morgan fingerprint density at radius 3 is 2.61 bits per heavy atom. The first-order chi connectivity index (χ1) is 8.74. The first-order valence-corrected chi connectivity index (χ1v) is 6.03. The van der Waals surface area contributed by atoms with E-state index in [0.29, 0.717) is 0 Å². The minimum atomic E-state index is -0.366. The Hall–Kier alpha value is -1.90. The highest BCUT2D eigenvalue weighted by Gasteiger charge is 2.06. The number of methoxy groups -OCH3 is 1. The van der Waals surface area contributed by atoms with Gasteiger partial charge in [-0.2, -0.15) is 0 Å². The molecule has 94 valence electrons. The largest absolute Gasteiger partial charge is 0.494 e. The van der Waals surface area contributed by atoms with Gasteiger partial charge in [0.05, 0.1) is 12.8 Å². The van der Waals surface area contributed by atoms with Crippen LogP contribution in [0.25, 0.3) is 11.3 Å². The Morgan fingerprint density at radius 2 is 2.06 bits per heavy atom. The van der Waals surface area contributed by atoms with Crippen molar-refractivity contribution < 1.29 is 9.13 Å². The fraction of sp³-hybridized carbons (Fsp3) is 0.267. The van der Waals surface area contributed by atoms with E-state index in [4.69, 9.17) is 4.74 Å². The summed E-state index contributed by atoms with van der Waals surface area (Å²) in [5, 5.41) is 0. The van der Waals surface area contributed by atoms with Gasteiger partial charge in [0.15, 0.2) is 11.6 Å². The Labute approximate surface area is 106 Å². The molecule has 2 aromatic rings. The fourth-order valence-corrected chi connectivity index (χ4v) is 1.86. The molecule has 0 N–H and O–H groups in total. The van der Waals surface area contributed by atoms with Crippen molar-refractivity contribution in [3.05, 3.63) is 47.9 Å². The van der Waals surface area contributed by atoms with Gasteiger partial charge in [0.25, 0.3) is 0 Å². The Kier molecular flexibility index (Phi) is 3.92. The third-order valence-corrected chi connectivity index (χ3v) is 2.81. The van der Waals surface area contributed by atoms with E-state index in [1.165, 1.54) is 18.7 Å². The number of hydrogen-bond donors (Lipinski definition) is 0. The van der Waals surface area contributed by atoms with Crippen LogP contribution in [-0.4, -0.2) is 12.1 Å². The number of aryl methyl sites for hydroxylation is 1. The van der Waals surface area contributed by atoms with Crippen molar-refractivity contribution in [3.8, 4) is 17.0 Å². The Balaban J connectivity index is 2.28. The molecule has 1 aromatic heterocycles. The minimum absolute atomic E-state index is 0.251. The van der Waals surface area contributed by atoms with Crippen LogP contribution in [0.3, 0.4) is 0 Å². The average Bonchev–Trinajstić information content (AvgIpc) is 2.40. The Bertz CT molecular complexity index is 523. The van der Waals surface area contributed by atoms with Gasteiger partial charge in [-0.25, -0.2) is 4.39 Å². The zero-order chi connectivity index (χ0) is 13.0. The molecule has 1 aromatic carbocycles. The van der Waals surface area contributed by atoms with Crippen LogP contribution in [0.1, 0.15) is 18.9 Å². The smallest absolute Gasteiger partial charge is 0.165 e. The maximum absolute atomic E-state index is 13.6. The minimum Gasteiger partial charge on any atom is -0.494 e. The summed E-state index contributed by atoms with van der Waals surface area (Å²) in [5.41, 5.74) is 2.74. The molecule has 0 aliphatic rings. The molecule has 0 amide bonds. The summed E-state index contributed by atoms with van der Waals surface area (Å²) < 4.78 is 18.5. The molecular formula is C15H16FNO. The highest BCUT2D eigenvalue weighted by Crippen LogP contribution is 2.24. The zero-order valence-electron chi connectivity index (χ0n) is 10.6. The molecule has 18 heavy (non-hydrogen) atoms. The summed E-state index contributed by atoms with van der Waals surface area (Å²) in [6.45, 7) is 2.13. The molecule has 0 fully saturated rings. The molecule has 1 heterocycles. The molecule has 0 unspecified atom stereocenters. The van der Waals surface area contributed by atoms with Crippen molar-refractivity contribution in [2.75, 3.05) is 7.11 Å². The number of nitrogens with zero attached hydrogens (tertiary/aromatic N) is 1. The molecule has 0 saturated carbocycles. The SMILES string of the molecule is CCCc1ccc(-c2ccc(OC)c(F)c2)nc1. The maximum atomic E-state index is 13.6. The molecular weight excluding hydrogens is 229 g/mol. The lowest BCUT2D eigenvalue weighted by atomic mass is 10.1. The van der Waals surface area contributed by atoms with Crippen LogP contribution in [0.4, 0.5) is 4.39 Å². The fourth-order valence-electron chi connectivity index (χ4n) is 1.86. The monoisotopic (exact) mass is 245 g/mol. The molecule has 0 aliphatic carbocycles. The summed E-state index contributed by atoms with van der Waals surface area (Å²) in [5.74, 6) is -0.115. The average molecular weight is 245 g/mol. The normalized spacial score (nSPS) is 10.4. The van der Waals surface area contributed by atoms with Crippen LogP contribution in [0.5, 0.6) is 5.75 Å². The summed E-state index contributed by atoms with van der Waals surface area (Å²) in [6, 6.07) is 8.83. The molecule has 0 radical (unpaired) electrons. The van der Waals surface area contributed by atoms with Crippen LogP contribution in [0.15, 0.2) is 36.5 Å². The number of halogens is 1. The van der Waals surface area contributed by atoms with Crippen LogP contribution in [0, 0.1) is 5.82 Å². The van der Waals surface area contributed by atoms with Gasteiger partial charge in [-0.05, 0) is 36.2 Å². The van der Waals surface area contributed by atoms with Crippen LogP contribution < -0.4 is 4.74 Å². The van der Waals surface area contributed by atoms with Crippen molar-refractivity contribution in [2.45, 2.75) is 19.8 Å². The topological polar surface area (TPSA) is 22.1 Å². The number of benzene rings is 1. The van der Waals surface area contributed by atoms with Crippen molar-refractivity contribution in [2.24, 2.45) is 0 Å². The predicted octanol–water partition coefficient (Wildman–Crippen LogP) is 3.85. The van der Waals surface area contributed by atoms with Crippen molar-refractivity contribution in [3.63, 3.8) is 0 Å². The van der Waals surface area contributed by atoms with Crippen LogP contribution >= 0.6 is 0 Å². The second-order valence-corrected chi connectivity index (χ2v) is 4.15. The number of rotatable bonds is 4. The van der Waals surface area contributed by atoms with E-state index >= 15 is 0 Å². The van der Waals surface area contributed by atoms with Crippen LogP contribution in [-0.2, 0) is 6.42 Å². The number of hydrogen-bond acceptors (Lipinski definition) is 2. The standard InChI is InChI=1S/C15H16FNO/c1-3-4-11-5-7-14(17-10-11)12-6-8-15(18-2)13(16)9-12/h5-10H,3-4H2,1-2H3. The van der Waals surface area contributed by atoms with Gasteiger partial charge >= 0.3 is 0 Å². The van der Waals surface area contributed by atoms with Gasteiger partial charge in [-0.3, -0.25) is 4.98 Å². The van der Waals surface area contributed by atoms with Crippen molar-refractivity contribution >= 4 is 0 Å². The van der Waals surface area contributed by atoms with Gasteiger partial charge < -0.3 is 4.74 Å². The summed E-state index contributed by atoms with van der Waals surface area (Å²) in [4.78, 5) is 4.36. The molecule has 0 saturated heterocycles. The van der Waals surface area contributed by atoms with Crippen molar-refractivity contribution in [1.82, 2.24) is 4.98 Å². The summed E-state index contributed by atoms with van der Waals surface area (Å²) in [6.07, 6.45) is 3.96. The summed E-state index contributed by atoms with van der Waals surface area (Å²) in [7, 11) is 1.45. The van der Waals surface area contributed by atoms with Gasteiger partial charge in [-0.15, -0.1) is 0 Å². The quantitative estimate of drug-likeness (QED) is 0.816. The highest BCUT2D eigenvalue weighted by atomic mass is 19.1. The molecule has 0 spiro atoms. The van der Waals surface area contributed by atoms with E-state index in [0.717, 1.165) is 24.1 Å². The second-order valence-electron chi connectivity index (χ2n) is 4.15. The molecule has 2 rings (SSSR count). The lowest BCUT2D eigenvalue weighted by Crippen LogP contribution is -1.91. The molecule has 0 aliphatic heterocycles. The van der Waals surface area contributed by atoms with E-state index in [9.17, 15) is 4.39 Å². The van der Waals surface area contributed by atoms with E-state index in [2.05, 4.69) is 11.9 Å². The molecule has 0 atom stereocenters. The van der Waals surface area contributed by atoms with Gasteiger partial charge in [0, 0.05) is 11.8 Å². The first kappa shape index (κ1) is 12.6. The maximum Gasteiger partial charge on any atom is 0.165 e. The van der Waals surface area contributed by atoms with E-state index < -0.39 is 0 Å². The Morgan fingerprint density at radius 1 is 1.22 bits per heavy atom. The molecule has 3 heteroatoms. The van der Waals surface area contributed by atoms with Gasteiger partial charge in [0.2, 0.25) is 0 Å². The van der Waals surface area contributed by atoms with E-state index in [1.807, 2.05) is 24.4 Å².